The van der Waals surface area contributed by atoms with Gasteiger partial charge in [-0.3, -0.25) is 4.79 Å². The molecule has 0 aliphatic heterocycles. The van der Waals surface area contributed by atoms with Crippen LogP contribution in [0.5, 0.6) is 0 Å². The fourth-order valence-corrected chi connectivity index (χ4v) is 4.68. The second-order valence-electron chi connectivity index (χ2n) is 7.08. The van der Waals surface area contributed by atoms with Crippen LogP contribution in [0.3, 0.4) is 0 Å². The maximum absolute atomic E-state index is 12.8. The first kappa shape index (κ1) is 21.1. The van der Waals surface area contributed by atoms with E-state index >= 15 is 0 Å². The zero-order valence-electron chi connectivity index (χ0n) is 16.9. The molecule has 0 unspecified atom stereocenters. The fraction of sp³-hybridized carbons (Fsp3) is 0.130. The lowest BCUT2D eigenvalue weighted by Crippen LogP contribution is -2.23. The number of carbonyl (C=O) groups is 1. The van der Waals surface area contributed by atoms with Gasteiger partial charge in [0.05, 0.1) is 16.2 Å². The Morgan fingerprint density at radius 2 is 1.77 bits per heavy atom. The minimum atomic E-state index is -3.23. The van der Waals surface area contributed by atoms with E-state index in [9.17, 15) is 13.2 Å². The molecule has 6 nitrogen and oxygen atoms in total. The third-order valence-electron chi connectivity index (χ3n) is 4.73. The molecule has 4 rings (SSSR count). The number of fused-ring (bicyclic) bond motifs is 1. The molecule has 2 heterocycles. The van der Waals surface area contributed by atoms with Crippen molar-refractivity contribution in [1.82, 2.24) is 14.7 Å². The first-order valence-corrected chi connectivity index (χ1v) is 12.5. The van der Waals surface area contributed by atoms with Gasteiger partial charge in [-0.05, 0) is 42.0 Å². The van der Waals surface area contributed by atoms with Gasteiger partial charge in [0, 0.05) is 35.8 Å². The summed E-state index contributed by atoms with van der Waals surface area (Å²) < 4.78 is 25.1. The molecule has 158 valence electrons. The largest absolute Gasteiger partial charge is 0.348 e. The quantitative estimate of drug-likeness (QED) is 0.430. The van der Waals surface area contributed by atoms with Gasteiger partial charge in [-0.1, -0.05) is 30.3 Å². The molecular formula is C23H21N3O3S2. The number of nitrogens with zero attached hydrogens (tertiary/aromatic N) is 2. The Kier molecular flexibility index (Phi) is 6.11. The van der Waals surface area contributed by atoms with Crippen molar-refractivity contribution >= 4 is 33.2 Å². The number of benzene rings is 2. The first-order chi connectivity index (χ1) is 14.9. The van der Waals surface area contributed by atoms with Gasteiger partial charge in [0.2, 0.25) is 0 Å². The lowest BCUT2D eigenvalue weighted by Gasteiger charge is -2.10. The van der Waals surface area contributed by atoms with Crippen molar-refractivity contribution < 1.29 is 13.2 Å². The Morgan fingerprint density at radius 3 is 2.52 bits per heavy atom. The molecule has 31 heavy (non-hydrogen) atoms. The predicted octanol–water partition coefficient (Wildman–Crippen LogP) is 3.96. The van der Waals surface area contributed by atoms with Crippen molar-refractivity contribution in [1.29, 1.82) is 0 Å². The molecule has 0 aliphatic rings. The summed E-state index contributed by atoms with van der Waals surface area (Å²) in [6, 6.07) is 19.9. The summed E-state index contributed by atoms with van der Waals surface area (Å²) in [5.74, 6) is 0.476. The van der Waals surface area contributed by atoms with E-state index < -0.39 is 9.84 Å². The summed E-state index contributed by atoms with van der Waals surface area (Å²) in [7, 11) is -3.23. The van der Waals surface area contributed by atoms with Crippen molar-refractivity contribution in [2.24, 2.45) is 0 Å². The van der Waals surface area contributed by atoms with Gasteiger partial charge in [0.1, 0.15) is 5.65 Å². The minimum Gasteiger partial charge on any atom is -0.348 e. The Balaban J connectivity index is 1.41. The maximum Gasteiger partial charge on any atom is 0.252 e. The monoisotopic (exact) mass is 451 g/mol. The van der Waals surface area contributed by atoms with Crippen molar-refractivity contribution in [3.8, 4) is 0 Å². The molecule has 0 aliphatic carbocycles. The van der Waals surface area contributed by atoms with Gasteiger partial charge in [0.15, 0.2) is 9.84 Å². The first-order valence-electron chi connectivity index (χ1n) is 9.62. The number of aromatic nitrogens is 2. The molecule has 0 atom stereocenters. The SMILES string of the molecule is CS(=O)(=O)c1ccc(CNC(=O)c2ccccc2SCc2cn3ccccc3n2)cc1. The Morgan fingerprint density at radius 1 is 1.03 bits per heavy atom. The van der Waals surface area contributed by atoms with E-state index in [1.165, 1.54) is 6.26 Å². The highest BCUT2D eigenvalue weighted by atomic mass is 32.2. The van der Waals surface area contributed by atoms with Crippen molar-refractivity contribution in [3.63, 3.8) is 0 Å². The lowest BCUT2D eigenvalue weighted by molar-refractivity contribution is 0.0948. The summed E-state index contributed by atoms with van der Waals surface area (Å²) in [5.41, 5.74) is 3.27. The summed E-state index contributed by atoms with van der Waals surface area (Å²) in [4.78, 5) is 18.5. The summed E-state index contributed by atoms with van der Waals surface area (Å²) >= 11 is 1.57. The average Bonchev–Trinajstić information content (AvgIpc) is 3.19. The van der Waals surface area contributed by atoms with Crippen LogP contribution >= 0.6 is 11.8 Å². The highest BCUT2D eigenvalue weighted by molar-refractivity contribution is 7.98. The highest BCUT2D eigenvalue weighted by Crippen LogP contribution is 2.26. The summed E-state index contributed by atoms with van der Waals surface area (Å²) in [5, 5.41) is 2.91. The van der Waals surface area contributed by atoms with Crippen LogP contribution in [0, 0.1) is 0 Å². The maximum atomic E-state index is 12.8. The molecule has 8 heteroatoms. The number of carbonyl (C=O) groups excluding carboxylic acids is 1. The van der Waals surface area contributed by atoms with Crippen molar-refractivity contribution in [2.45, 2.75) is 22.1 Å². The van der Waals surface area contributed by atoms with E-state index in [-0.39, 0.29) is 10.8 Å². The predicted molar refractivity (Wildman–Crippen MR) is 122 cm³/mol. The number of pyridine rings is 1. The van der Waals surface area contributed by atoms with Crippen LogP contribution in [0.4, 0.5) is 0 Å². The Bertz CT molecular complexity index is 1300. The van der Waals surface area contributed by atoms with Crippen LogP contribution in [-0.4, -0.2) is 30.0 Å². The molecule has 0 saturated heterocycles. The van der Waals surface area contributed by atoms with E-state index in [1.54, 1.807) is 42.1 Å². The number of hydrogen-bond donors (Lipinski definition) is 1. The number of imidazole rings is 1. The van der Waals surface area contributed by atoms with Crippen molar-refractivity contribution in [3.05, 3.63) is 95.9 Å². The van der Waals surface area contributed by atoms with Gasteiger partial charge < -0.3 is 9.72 Å². The molecule has 0 bridgehead atoms. The second-order valence-corrected chi connectivity index (χ2v) is 10.1. The van der Waals surface area contributed by atoms with Crippen LogP contribution in [0.25, 0.3) is 5.65 Å². The van der Waals surface area contributed by atoms with E-state index in [4.69, 9.17) is 0 Å². The van der Waals surface area contributed by atoms with Gasteiger partial charge in [-0.15, -0.1) is 11.8 Å². The molecule has 1 amide bonds. The summed E-state index contributed by atoms with van der Waals surface area (Å²) in [6.45, 7) is 0.314. The average molecular weight is 452 g/mol. The van der Waals surface area contributed by atoms with Gasteiger partial charge >= 0.3 is 0 Å². The van der Waals surface area contributed by atoms with Crippen LogP contribution in [0.2, 0.25) is 0 Å². The number of amides is 1. The zero-order chi connectivity index (χ0) is 21.8. The van der Waals surface area contributed by atoms with Gasteiger partial charge in [0.25, 0.3) is 5.91 Å². The van der Waals surface area contributed by atoms with E-state index in [1.807, 2.05) is 53.2 Å². The summed E-state index contributed by atoms with van der Waals surface area (Å²) in [6.07, 6.45) is 5.12. The van der Waals surface area contributed by atoms with Gasteiger partial charge in [-0.25, -0.2) is 13.4 Å². The molecule has 0 spiro atoms. The lowest BCUT2D eigenvalue weighted by atomic mass is 10.2. The number of thioether (sulfide) groups is 1. The molecule has 2 aromatic carbocycles. The number of hydrogen-bond acceptors (Lipinski definition) is 5. The number of rotatable bonds is 7. The van der Waals surface area contributed by atoms with Crippen LogP contribution < -0.4 is 5.32 Å². The molecule has 0 fully saturated rings. The molecule has 2 aromatic heterocycles. The molecule has 4 aromatic rings. The van der Waals surface area contributed by atoms with Crippen molar-refractivity contribution in [2.75, 3.05) is 6.26 Å². The van der Waals surface area contributed by atoms with E-state index in [2.05, 4.69) is 10.3 Å². The van der Waals surface area contributed by atoms with E-state index in [0.29, 0.717) is 17.9 Å². The minimum absolute atomic E-state index is 0.176. The third kappa shape index (κ3) is 5.15. The second kappa shape index (κ2) is 8.95. The standard InChI is InChI=1S/C23H21N3O3S2/c1-31(28,29)19-11-9-17(10-12-19)14-24-23(27)20-6-2-3-7-21(20)30-16-18-15-26-13-5-4-8-22(26)25-18/h2-13,15H,14,16H2,1H3,(H,24,27). The molecular weight excluding hydrogens is 430 g/mol. The smallest absolute Gasteiger partial charge is 0.252 e. The Hall–Kier alpha value is -3.10. The molecule has 0 saturated carbocycles. The Labute approximate surface area is 185 Å². The van der Waals surface area contributed by atoms with Crippen LogP contribution in [-0.2, 0) is 22.1 Å². The number of nitrogens with one attached hydrogen (secondary N) is 1. The molecule has 1 N–H and O–H groups in total. The van der Waals surface area contributed by atoms with Gasteiger partial charge in [-0.2, -0.15) is 0 Å². The number of sulfone groups is 1. The normalized spacial score (nSPS) is 11.5. The zero-order valence-corrected chi connectivity index (χ0v) is 18.5. The van der Waals surface area contributed by atoms with Crippen LogP contribution in [0.1, 0.15) is 21.6 Å². The molecule has 0 radical (unpaired) electrons. The van der Waals surface area contributed by atoms with Crippen LogP contribution in [0.15, 0.2) is 88.9 Å². The fourth-order valence-electron chi connectivity index (χ4n) is 3.12. The third-order valence-corrected chi connectivity index (χ3v) is 6.96. The van der Waals surface area contributed by atoms with E-state index in [0.717, 1.165) is 21.8 Å². The highest BCUT2D eigenvalue weighted by Gasteiger charge is 2.13. The topological polar surface area (TPSA) is 80.5 Å².